The fraction of sp³-hybridized carbons (Fsp3) is 0.250. The molecule has 0 aliphatic carbocycles. The van der Waals surface area contributed by atoms with Crippen molar-refractivity contribution in [1.82, 2.24) is 10.2 Å². The summed E-state index contributed by atoms with van der Waals surface area (Å²) in [7, 11) is 0. The molecule has 3 rings (SSSR count). The average molecular weight is 397 g/mol. The van der Waals surface area contributed by atoms with Crippen LogP contribution >= 0.6 is 0 Å². The first-order valence-electron chi connectivity index (χ1n) is 8.81. The number of nitro benzene ring substituents is 1. The predicted octanol–water partition coefficient (Wildman–Crippen LogP) is 2.41. The molecular formula is C20H19N3O6. The molecule has 1 aliphatic heterocycles. The maximum Gasteiger partial charge on any atom is 0.326 e. The van der Waals surface area contributed by atoms with Crippen LogP contribution in [0.5, 0.6) is 0 Å². The monoisotopic (exact) mass is 397 g/mol. The molecule has 0 saturated carbocycles. The Bertz CT molecular complexity index is 988. The Morgan fingerprint density at radius 3 is 2.48 bits per heavy atom. The number of hydrogen-bond acceptors (Lipinski definition) is 6. The summed E-state index contributed by atoms with van der Waals surface area (Å²) < 4.78 is 5.05. The third-order valence-corrected chi connectivity index (χ3v) is 4.77. The predicted molar refractivity (Wildman–Crippen MR) is 102 cm³/mol. The first-order chi connectivity index (χ1) is 13.7. The lowest BCUT2D eigenvalue weighted by molar-refractivity contribution is -0.385. The molecule has 1 fully saturated rings. The Hall–Kier alpha value is -3.75. The molecular weight excluding hydrogens is 378 g/mol. The van der Waals surface area contributed by atoms with Crippen molar-refractivity contribution in [1.29, 1.82) is 0 Å². The highest BCUT2D eigenvalue weighted by Crippen LogP contribution is 2.29. The van der Waals surface area contributed by atoms with Crippen LogP contribution in [-0.4, -0.2) is 34.3 Å². The summed E-state index contributed by atoms with van der Waals surface area (Å²) in [5, 5.41) is 13.6. The van der Waals surface area contributed by atoms with E-state index in [0.717, 1.165) is 10.5 Å². The number of para-hydroxylation sites is 1. The Morgan fingerprint density at radius 1 is 1.17 bits per heavy atom. The van der Waals surface area contributed by atoms with Crippen LogP contribution in [0.1, 0.15) is 23.6 Å². The molecule has 1 heterocycles. The summed E-state index contributed by atoms with van der Waals surface area (Å²) in [4.78, 5) is 48.5. The van der Waals surface area contributed by atoms with Gasteiger partial charge in [-0.1, -0.05) is 42.0 Å². The van der Waals surface area contributed by atoms with E-state index in [9.17, 15) is 24.5 Å². The van der Waals surface area contributed by atoms with Crippen molar-refractivity contribution < 1.29 is 24.0 Å². The molecule has 2 aromatic carbocycles. The summed E-state index contributed by atoms with van der Waals surface area (Å²) in [6, 6.07) is 12.3. The molecule has 0 bridgehead atoms. The molecule has 0 unspecified atom stereocenters. The van der Waals surface area contributed by atoms with Crippen molar-refractivity contribution in [2.45, 2.75) is 26.0 Å². The zero-order valence-electron chi connectivity index (χ0n) is 15.9. The standard InChI is InChI=1S/C20H19N3O6/c1-13-7-9-15(10-8-13)20(2)18(25)22(19(26)21-20)11-17(24)29-12-14-5-3-4-6-16(14)23(27)28/h3-10H,11-12H2,1-2H3,(H,21,26)/t20-/m0/s1. The number of nitrogens with one attached hydrogen (secondary N) is 1. The van der Waals surface area contributed by atoms with Gasteiger partial charge in [0.05, 0.1) is 10.5 Å². The Morgan fingerprint density at radius 2 is 1.83 bits per heavy atom. The van der Waals surface area contributed by atoms with Crippen LogP contribution in [-0.2, 0) is 26.5 Å². The number of esters is 1. The highest BCUT2D eigenvalue weighted by atomic mass is 16.6. The van der Waals surface area contributed by atoms with Gasteiger partial charge >= 0.3 is 12.0 Å². The van der Waals surface area contributed by atoms with Gasteiger partial charge in [-0.05, 0) is 25.5 Å². The van der Waals surface area contributed by atoms with Crippen LogP contribution in [0, 0.1) is 17.0 Å². The fourth-order valence-corrected chi connectivity index (χ4v) is 3.07. The number of benzene rings is 2. The Labute approximate surface area is 166 Å². The van der Waals surface area contributed by atoms with E-state index >= 15 is 0 Å². The minimum atomic E-state index is -1.29. The second-order valence-electron chi connectivity index (χ2n) is 6.86. The lowest BCUT2D eigenvalue weighted by atomic mass is 9.91. The smallest absolute Gasteiger partial charge is 0.326 e. The molecule has 9 heteroatoms. The minimum Gasteiger partial charge on any atom is -0.459 e. The fourth-order valence-electron chi connectivity index (χ4n) is 3.07. The quantitative estimate of drug-likeness (QED) is 0.346. The van der Waals surface area contributed by atoms with Crippen molar-refractivity contribution in [3.63, 3.8) is 0 Å². The summed E-state index contributed by atoms with van der Waals surface area (Å²) in [5.74, 6) is -1.42. The van der Waals surface area contributed by atoms with Gasteiger partial charge in [-0.15, -0.1) is 0 Å². The number of imide groups is 1. The molecule has 1 N–H and O–H groups in total. The van der Waals surface area contributed by atoms with Gasteiger partial charge in [-0.25, -0.2) is 4.79 Å². The van der Waals surface area contributed by atoms with Gasteiger partial charge in [0.1, 0.15) is 18.7 Å². The van der Waals surface area contributed by atoms with Gasteiger partial charge in [0.15, 0.2) is 0 Å². The van der Waals surface area contributed by atoms with Gasteiger partial charge in [0, 0.05) is 6.07 Å². The topological polar surface area (TPSA) is 119 Å². The largest absolute Gasteiger partial charge is 0.459 e. The number of aryl methyl sites for hydroxylation is 1. The number of carbonyl (C=O) groups excluding carboxylic acids is 3. The number of hydrogen-bond donors (Lipinski definition) is 1. The molecule has 1 atom stereocenters. The summed E-state index contributed by atoms with van der Waals surface area (Å²) in [5.41, 5.74) is 0.347. The highest BCUT2D eigenvalue weighted by Gasteiger charge is 2.49. The van der Waals surface area contributed by atoms with Crippen molar-refractivity contribution in [3.8, 4) is 0 Å². The third kappa shape index (κ3) is 3.93. The maximum absolute atomic E-state index is 12.8. The summed E-state index contributed by atoms with van der Waals surface area (Å²) >= 11 is 0. The molecule has 1 saturated heterocycles. The van der Waals surface area contributed by atoms with Crippen molar-refractivity contribution in [2.24, 2.45) is 0 Å². The number of amides is 3. The number of rotatable bonds is 6. The third-order valence-electron chi connectivity index (χ3n) is 4.77. The normalized spacial score (nSPS) is 18.5. The molecule has 0 spiro atoms. The van der Waals surface area contributed by atoms with E-state index in [4.69, 9.17) is 4.74 Å². The zero-order chi connectivity index (χ0) is 21.2. The Balaban J connectivity index is 1.68. The lowest BCUT2D eigenvalue weighted by Gasteiger charge is -2.22. The van der Waals surface area contributed by atoms with E-state index < -0.39 is 34.9 Å². The second-order valence-corrected chi connectivity index (χ2v) is 6.86. The molecule has 0 radical (unpaired) electrons. The van der Waals surface area contributed by atoms with Crippen molar-refractivity contribution >= 4 is 23.6 Å². The average Bonchev–Trinajstić information content (AvgIpc) is 2.91. The van der Waals surface area contributed by atoms with E-state index in [1.165, 1.54) is 18.2 Å². The molecule has 9 nitrogen and oxygen atoms in total. The maximum atomic E-state index is 12.8. The van der Waals surface area contributed by atoms with E-state index in [1.54, 1.807) is 25.1 Å². The molecule has 1 aliphatic rings. The van der Waals surface area contributed by atoms with E-state index in [-0.39, 0.29) is 17.9 Å². The number of ether oxygens (including phenoxy) is 1. The van der Waals surface area contributed by atoms with Crippen LogP contribution in [0.2, 0.25) is 0 Å². The number of urea groups is 1. The van der Waals surface area contributed by atoms with Crippen LogP contribution in [0.3, 0.4) is 0 Å². The van der Waals surface area contributed by atoms with Gasteiger partial charge in [-0.2, -0.15) is 0 Å². The first-order valence-corrected chi connectivity index (χ1v) is 8.81. The van der Waals surface area contributed by atoms with Crippen molar-refractivity contribution in [2.75, 3.05) is 6.54 Å². The molecule has 3 amide bonds. The zero-order valence-corrected chi connectivity index (χ0v) is 15.9. The van der Waals surface area contributed by atoms with Gasteiger partial charge < -0.3 is 10.1 Å². The first kappa shape index (κ1) is 20.0. The minimum absolute atomic E-state index is 0.178. The van der Waals surface area contributed by atoms with Gasteiger partial charge in [0.2, 0.25) is 0 Å². The van der Waals surface area contributed by atoms with Gasteiger partial charge in [0.25, 0.3) is 11.6 Å². The number of carbonyl (C=O) groups is 3. The molecule has 29 heavy (non-hydrogen) atoms. The van der Waals surface area contributed by atoms with E-state index in [1.807, 2.05) is 19.1 Å². The summed E-state index contributed by atoms with van der Waals surface area (Å²) in [6.07, 6.45) is 0. The van der Waals surface area contributed by atoms with Crippen LogP contribution in [0.25, 0.3) is 0 Å². The number of nitro groups is 1. The lowest BCUT2D eigenvalue weighted by Crippen LogP contribution is -2.41. The molecule has 150 valence electrons. The molecule has 0 aromatic heterocycles. The van der Waals surface area contributed by atoms with Crippen LogP contribution in [0.15, 0.2) is 48.5 Å². The molecule has 2 aromatic rings. The number of nitrogens with zero attached hydrogens (tertiary/aromatic N) is 2. The van der Waals surface area contributed by atoms with E-state index in [0.29, 0.717) is 5.56 Å². The van der Waals surface area contributed by atoms with Gasteiger partial charge in [-0.3, -0.25) is 24.6 Å². The van der Waals surface area contributed by atoms with Crippen LogP contribution < -0.4 is 5.32 Å². The SMILES string of the molecule is Cc1ccc([C@]2(C)NC(=O)N(CC(=O)OCc3ccccc3[N+](=O)[O-])C2=O)cc1. The Kier molecular flexibility index (Phi) is 5.31. The van der Waals surface area contributed by atoms with E-state index in [2.05, 4.69) is 5.32 Å². The highest BCUT2D eigenvalue weighted by molar-refractivity contribution is 6.08. The summed E-state index contributed by atoms with van der Waals surface area (Å²) in [6.45, 7) is 2.54. The van der Waals surface area contributed by atoms with Crippen LogP contribution in [0.4, 0.5) is 10.5 Å². The second kappa shape index (κ2) is 7.70. The van der Waals surface area contributed by atoms with Crippen molar-refractivity contribution in [3.05, 3.63) is 75.3 Å².